The van der Waals surface area contributed by atoms with Crippen molar-refractivity contribution in [3.63, 3.8) is 0 Å². The number of amides is 2. The molecule has 0 aliphatic rings. The maximum Gasteiger partial charge on any atom is 0.323 e. The van der Waals surface area contributed by atoms with Gasteiger partial charge < -0.3 is 15.4 Å². The molecule has 8 heteroatoms. The lowest BCUT2D eigenvalue weighted by atomic mass is 10.00. The zero-order valence-electron chi connectivity index (χ0n) is 22.2. The number of halogens is 1. The summed E-state index contributed by atoms with van der Waals surface area (Å²) in [6, 6.07) is 27.9. The first-order valence-corrected chi connectivity index (χ1v) is 12.7. The molecule has 5 rings (SSSR count). The fraction of sp³-hybridized carbons (Fsp3) is 0.0938. The van der Waals surface area contributed by atoms with E-state index < -0.39 is 11.8 Å². The van der Waals surface area contributed by atoms with E-state index in [1.54, 1.807) is 36.4 Å². The van der Waals surface area contributed by atoms with E-state index in [1.165, 1.54) is 23.7 Å². The number of esters is 1. The molecule has 4 aromatic carbocycles. The molecule has 0 spiro atoms. The van der Waals surface area contributed by atoms with Gasteiger partial charge in [0.15, 0.2) is 0 Å². The van der Waals surface area contributed by atoms with Gasteiger partial charge in [-0.2, -0.15) is 9.78 Å². The quantitative estimate of drug-likeness (QED) is 0.221. The number of urea groups is 1. The Balaban J connectivity index is 1.55. The minimum Gasteiger partial charge on any atom is -0.407 e. The molecule has 0 aliphatic heterocycles. The average Bonchev–Trinajstić information content (AvgIpc) is 3.29. The first kappa shape index (κ1) is 26.4. The van der Waals surface area contributed by atoms with Crippen LogP contribution in [0.3, 0.4) is 0 Å². The second-order valence-corrected chi connectivity index (χ2v) is 9.41. The summed E-state index contributed by atoms with van der Waals surface area (Å²) in [5.74, 6) is -0.826. The van der Waals surface area contributed by atoms with Crippen LogP contribution in [0.1, 0.15) is 18.1 Å². The molecule has 5 aromatic rings. The van der Waals surface area contributed by atoms with Crippen molar-refractivity contribution in [1.29, 1.82) is 0 Å². The zero-order chi connectivity index (χ0) is 28.2. The maximum absolute atomic E-state index is 14.2. The fourth-order valence-electron chi connectivity index (χ4n) is 4.32. The van der Waals surface area contributed by atoms with Gasteiger partial charge in [0.05, 0.1) is 11.3 Å². The fourth-order valence-corrected chi connectivity index (χ4v) is 4.32. The second-order valence-electron chi connectivity index (χ2n) is 9.41. The Labute approximate surface area is 231 Å². The Morgan fingerprint density at radius 3 is 2.05 bits per heavy atom. The topological polar surface area (TPSA) is 85.2 Å². The molecule has 0 bridgehead atoms. The highest BCUT2D eigenvalue weighted by atomic mass is 19.1. The molecule has 2 amide bonds. The van der Waals surface area contributed by atoms with Crippen molar-refractivity contribution in [2.45, 2.75) is 20.8 Å². The van der Waals surface area contributed by atoms with Crippen LogP contribution in [0, 0.1) is 19.7 Å². The number of ether oxygens (including phenoxy) is 1. The van der Waals surface area contributed by atoms with Crippen molar-refractivity contribution >= 4 is 23.4 Å². The highest BCUT2D eigenvalue weighted by Gasteiger charge is 2.25. The Kier molecular flexibility index (Phi) is 7.41. The third-order valence-corrected chi connectivity index (χ3v) is 6.17. The standard InChI is InChI=1S/C32H27FN4O3/c1-20-10-14-26(15-11-20)34-32(39)35-27-16-12-23(13-17-27)29-30(24-7-4-6-21(2)18-24)36-37(31(29)40-22(3)38)28-9-5-8-25(33)19-28/h4-19H,1-3H3,(H2,34,35,39). The summed E-state index contributed by atoms with van der Waals surface area (Å²) in [5.41, 5.74) is 6.39. The number of carbonyl (C=O) groups excluding carboxylic acids is 2. The van der Waals surface area contributed by atoms with Crippen molar-refractivity contribution in [2.24, 2.45) is 0 Å². The van der Waals surface area contributed by atoms with E-state index in [2.05, 4.69) is 10.6 Å². The van der Waals surface area contributed by atoms with Gasteiger partial charge in [-0.05, 0) is 67.9 Å². The van der Waals surface area contributed by atoms with E-state index in [0.717, 1.165) is 16.7 Å². The van der Waals surface area contributed by atoms with Gasteiger partial charge in [-0.25, -0.2) is 9.18 Å². The molecule has 1 heterocycles. The molecule has 2 N–H and O–H groups in total. The maximum atomic E-state index is 14.2. The van der Waals surface area contributed by atoms with Crippen molar-refractivity contribution in [3.8, 4) is 34.0 Å². The number of nitrogens with one attached hydrogen (secondary N) is 2. The first-order valence-electron chi connectivity index (χ1n) is 12.7. The molecule has 40 heavy (non-hydrogen) atoms. The minimum absolute atomic E-state index is 0.160. The Morgan fingerprint density at radius 1 is 0.775 bits per heavy atom. The van der Waals surface area contributed by atoms with E-state index in [0.29, 0.717) is 33.9 Å². The average molecular weight is 535 g/mol. The number of aromatic nitrogens is 2. The van der Waals surface area contributed by atoms with Crippen LogP contribution in [0.25, 0.3) is 28.1 Å². The van der Waals surface area contributed by atoms with Crippen LogP contribution >= 0.6 is 0 Å². The Bertz CT molecular complexity index is 1690. The van der Waals surface area contributed by atoms with Crippen molar-refractivity contribution in [1.82, 2.24) is 9.78 Å². The Morgan fingerprint density at radius 2 is 1.43 bits per heavy atom. The number of nitrogens with zero attached hydrogens (tertiary/aromatic N) is 2. The monoisotopic (exact) mass is 534 g/mol. The molecule has 0 atom stereocenters. The Hall–Kier alpha value is -5.24. The lowest BCUT2D eigenvalue weighted by molar-refractivity contribution is -0.132. The first-order chi connectivity index (χ1) is 19.3. The van der Waals surface area contributed by atoms with Gasteiger partial charge in [-0.3, -0.25) is 4.79 Å². The van der Waals surface area contributed by atoms with E-state index in [1.807, 2.05) is 62.4 Å². The SMILES string of the molecule is CC(=O)Oc1c(-c2ccc(NC(=O)Nc3ccc(C)cc3)cc2)c(-c2cccc(C)c2)nn1-c1cccc(F)c1. The molecule has 0 saturated heterocycles. The van der Waals surface area contributed by atoms with E-state index >= 15 is 0 Å². The lowest BCUT2D eigenvalue weighted by Crippen LogP contribution is -2.19. The molecule has 0 aliphatic carbocycles. The summed E-state index contributed by atoms with van der Waals surface area (Å²) in [7, 11) is 0. The normalized spacial score (nSPS) is 10.7. The third kappa shape index (κ3) is 5.91. The predicted molar refractivity (Wildman–Crippen MR) is 154 cm³/mol. The van der Waals surface area contributed by atoms with Crippen LogP contribution in [0.4, 0.5) is 20.6 Å². The van der Waals surface area contributed by atoms with Crippen LogP contribution in [-0.2, 0) is 4.79 Å². The van der Waals surface area contributed by atoms with Crippen LogP contribution in [0.15, 0.2) is 97.1 Å². The van der Waals surface area contributed by atoms with E-state index in [9.17, 15) is 14.0 Å². The summed E-state index contributed by atoms with van der Waals surface area (Å²) < 4.78 is 21.3. The summed E-state index contributed by atoms with van der Waals surface area (Å²) >= 11 is 0. The minimum atomic E-state index is -0.541. The molecule has 7 nitrogen and oxygen atoms in total. The lowest BCUT2D eigenvalue weighted by Gasteiger charge is -2.11. The van der Waals surface area contributed by atoms with E-state index in [4.69, 9.17) is 9.84 Å². The molecule has 0 radical (unpaired) electrons. The molecular weight excluding hydrogens is 507 g/mol. The molecule has 0 unspecified atom stereocenters. The molecule has 0 fully saturated rings. The second kappa shape index (κ2) is 11.2. The molecule has 200 valence electrons. The van der Waals surface area contributed by atoms with Crippen molar-refractivity contribution < 1.29 is 18.7 Å². The number of aryl methyl sites for hydroxylation is 2. The summed E-state index contributed by atoms with van der Waals surface area (Å²) in [6.07, 6.45) is 0. The number of hydrogen-bond acceptors (Lipinski definition) is 4. The number of anilines is 2. The number of hydrogen-bond donors (Lipinski definition) is 2. The summed E-state index contributed by atoms with van der Waals surface area (Å²) in [6.45, 7) is 5.26. The molecular formula is C32H27FN4O3. The van der Waals surface area contributed by atoms with Crippen molar-refractivity contribution in [3.05, 3.63) is 114 Å². The van der Waals surface area contributed by atoms with Crippen LogP contribution in [0.2, 0.25) is 0 Å². The largest absolute Gasteiger partial charge is 0.407 e. The highest BCUT2D eigenvalue weighted by Crippen LogP contribution is 2.41. The highest BCUT2D eigenvalue weighted by molar-refractivity contribution is 6.00. The van der Waals surface area contributed by atoms with Gasteiger partial charge in [0.1, 0.15) is 11.5 Å². The van der Waals surface area contributed by atoms with Gasteiger partial charge in [-0.1, -0.05) is 59.7 Å². The van der Waals surface area contributed by atoms with Gasteiger partial charge in [-0.15, -0.1) is 0 Å². The number of rotatable bonds is 6. The zero-order valence-corrected chi connectivity index (χ0v) is 22.2. The number of carbonyl (C=O) groups is 2. The number of benzene rings is 4. The van der Waals surface area contributed by atoms with Gasteiger partial charge in [0.25, 0.3) is 0 Å². The van der Waals surface area contributed by atoms with Crippen LogP contribution in [-0.4, -0.2) is 21.8 Å². The molecule has 0 saturated carbocycles. The summed E-state index contributed by atoms with van der Waals surface area (Å²) in [5, 5.41) is 10.4. The van der Waals surface area contributed by atoms with Gasteiger partial charge in [0, 0.05) is 23.9 Å². The predicted octanol–water partition coefficient (Wildman–Crippen LogP) is 7.53. The van der Waals surface area contributed by atoms with E-state index in [-0.39, 0.29) is 11.9 Å². The van der Waals surface area contributed by atoms with Crippen LogP contribution in [0.5, 0.6) is 5.88 Å². The van der Waals surface area contributed by atoms with Gasteiger partial charge in [0.2, 0.25) is 5.88 Å². The molecule has 1 aromatic heterocycles. The summed E-state index contributed by atoms with van der Waals surface area (Å²) in [4.78, 5) is 24.7. The van der Waals surface area contributed by atoms with Gasteiger partial charge >= 0.3 is 12.0 Å². The smallest absolute Gasteiger partial charge is 0.323 e. The third-order valence-electron chi connectivity index (χ3n) is 6.17. The van der Waals surface area contributed by atoms with Crippen LogP contribution < -0.4 is 15.4 Å². The van der Waals surface area contributed by atoms with Crippen molar-refractivity contribution in [2.75, 3.05) is 10.6 Å².